The number of hydrogen-bond acceptors (Lipinski definition) is 5. The molecule has 0 saturated carbocycles. The summed E-state index contributed by atoms with van der Waals surface area (Å²) in [5.41, 5.74) is 0. The molecule has 15 heavy (non-hydrogen) atoms. The Morgan fingerprint density at radius 3 is 2.67 bits per heavy atom. The van der Waals surface area contributed by atoms with Gasteiger partial charge in [-0.15, -0.1) is 0 Å². The van der Waals surface area contributed by atoms with Crippen LogP contribution < -0.4 is 0 Å². The van der Waals surface area contributed by atoms with Crippen LogP contribution in [0.3, 0.4) is 0 Å². The lowest BCUT2D eigenvalue weighted by Gasteiger charge is -2.23. The Bertz CT molecular complexity index is 432. The van der Waals surface area contributed by atoms with Gasteiger partial charge in [0.05, 0.1) is 4.91 Å². The predicted molar refractivity (Wildman–Crippen MR) is 50.1 cm³/mol. The SMILES string of the molecule is CC(=O)OC1(O)C=CCC(S(=O)(=O)O)=C1. The third-order valence-electron chi connectivity index (χ3n) is 1.68. The highest BCUT2D eigenvalue weighted by molar-refractivity contribution is 7.89. The number of ether oxygens (including phenoxy) is 1. The number of hydrogen-bond donors (Lipinski definition) is 2. The molecule has 1 aliphatic rings. The second-order valence-electron chi connectivity index (χ2n) is 3.04. The first-order valence-electron chi connectivity index (χ1n) is 4.02. The Kier molecular flexibility index (Phi) is 2.98. The molecule has 1 unspecified atom stereocenters. The van der Waals surface area contributed by atoms with Crippen molar-refractivity contribution in [2.75, 3.05) is 0 Å². The van der Waals surface area contributed by atoms with E-state index < -0.39 is 26.8 Å². The summed E-state index contributed by atoms with van der Waals surface area (Å²) in [7, 11) is -4.37. The van der Waals surface area contributed by atoms with Crippen molar-refractivity contribution in [1.82, 2.24) is 0 Å². The molecule has 0 fully saturated rings. The van der Waals surface area contributed by atoms with E-state index >= 15 is 0 Å². The molecule has 7 heteroatoms. The van der Waals surface area contributed by atoms with Gasteiger partial charge in [0.1, 0.15) is 0 Å². The molecule has 1 rings (SSSR count). The van der Waals surface area contributed by atoms with Crippen molar-refractivity contribution in [1.29, 1.82) is 0 Å². The van der Waals surface area contributed by atoms with Crippen LogP contribution in [0.2, 0.25) is 0 Å². The maximum atomic E-state index is 10.8. The van der Waals surface area contributed by atoms with Crippen LogP contribution in [-0.4, -0.2) is 29.8 Å². The molecule has 1 aliphatic carbocycles. The van der Waals surface area contributed by atoms with E-state index in [1.165, 1.54) is 6.08 Å². The number of esters is 1. The zero-order chi connectivity index (χ0) is 11.7. The van der Waals surface area contributed by atoms with Crippen molar-refractivity contribution >= 4 is 16.1 Å². The monoisotopic (exact) mass is 234 g/mol. The third-order valence-corrected chi connectivity index (χ3v) is 2.63. The van der Waals surface area contributed by atoms with Crippen molar-refractivity contribution < 1.29 is 27.6 Å². The largest absolute Gasteiger partial charge is 0.426 e. The Labute approximate surface area is 86.6 Å². The van der Waals surface area contributed by atoms with Gasteiger partial charge in [0, 0.05) is 19.4 Å². The van der Waals surface area contributed by atoms with Gasteiger partial charge in [-0.1, -0.05) is 6.08 Å². The summed E-state index contributed by atoms with van der Waals surface area (Å²) in [6.45, 7) is 1.07. The maximum Gasteiger partial charge on any atom is 0.305 e. The minimum Gasteiger partial charge on any atom is -0.426 e. The van der Waals surface area contributed by atoms with Crippen molar-refractivity contribution in [3.8, 4) is 0 Å². The van der Waals surface area contributed by atoms with Gasteiger partial charge in [0.25, 0.3) is 15.9 Å². The second kappa shape index (κ2) is 3.76. The van der Waals surface area contributed by atoms with Gasteiger partial charge in [-0.2, -0.15) is 8.42 Å². The highest BCUT2D eigenvalue weighted by Gasteiger charge is 2.30. The van der Waals surface area contributed by atoms with Gasteiger partial charge in [-0.05, 0) is 6.08 Å². The quantitative estimate of drug-likeness (QED) is 0.301. The average molecular weight is 234 g/mol. The van der Waals surface area contributed by atoms with Gasteiger partial charge in [-0.25, -0.2) is 0 Å². The normalized spacial score (nSPS) is 25.9. The molecule has 0 saturated heterocycles. The molecular weight excluding hydrogens is 224 g/mol. The lowest BCUT2D eigenvalue weighted by Crippen LogP contribution is -2.32. The van der Waals surface area contributed by atoms with E-state index in [2.05, 4.69) is 4.74 Å². The number of rotatable bonds is 2. The van der Waals surface area contributed by atoms with Crippen LogP contribution in [-0.2, 0) is 19.6 Å². The van der Waals surface area contributed by atoms with Crippen LogP contribution in [0, 0.1) is 0 Å². The molecule has 0 aromatic heterocycles. The first-order chi connectivity index (χ1) is 6.73. The van der Waals surface area contributed by atoms with Crippen LogP contribution >= 0.6 is 0 Å². The summed E-state index contributed by atoms with van der Waals surface area (Å²) in [4.78, 5) is 10.2. The number of allylic oxidation sites excluding steroid dienone is 2. The molecule has 0 heterocycles. The van der Waals surface area contributed by atoms with Crippen LogP contribution in [0.5, 0.6) is 0 Å². The summed E-state index contributed by atoms with van der Waals surface area (Å²) in [5, 5.41) is 9.59. The molecular formula is C8H10O6S. The van der Waals surface area contributed by atoms with Gasteiger partial charge in [0.2, 0.25) is 0 Å². The fourth-order valence-electron chi connectivity index (χ4n) is 1.16. The lowest BCUT2D eigenvalue weighted by molar-refractivity contribution is -0.174. The summed E-state index contributed by atoms with van der Waals surface area (Å²) in [6.07, 6.45) is 3.14. The van der Waals surface area contributed by atoms with Crippen molar-refractivity contribution in [2.45, 2.75) is 19.1 Å². The summed E-state index contributed by atoms with van der Waals surface area (Å²) in [6, 6.07) is 0. The zero-order valence-corrected chi connectivity index (χ0v) is 8.69. The maximum absolute atomic E-state index is 10.8. The standard InChI is InChI=1S/C8H10O6S/c1-6(9)14-8(10)4-2-3-7(5-8)15(11,12)13/h2,4-5,10H,3H2,1H3,(H,11,12,13). The Morgan fingerprint density at radius 2 is 2.20 bits per heavy atom. The fraction of sp³-hybridized carbons (Fsp3) is 0.375. The van der Waals surface area contributed by atoms with Gasteiger partial charge < -0.3 is 9.84 Å². The van der Waals surface area contributed by atoms with Gasteiger partial charge >= 0.3 is 5.97 Å². The highest BCUT2D eigenvalue weighted by atomic mass is 32.2. The molecule has 0 aromatic carbocycles. The molecule has 1 atom stereocenters. The van der Waals surface area contributed by atoms with Gasteiger partial charge in [0.15, 0.2) is 0 Å². The van der Waals surface area contributed by atoms with Crippen molar-refractivity contribution in [3.05, 3.63) is 23.1 Å². The highest BCUT2D eigenvalue weighted by Crippen LogP contribution is 2.24. The van der Waals surface area contributed by atoms with Crippen LogP contribution in [0.4, 0.5) is 0 Å². The minimum atomic E-state index is -4.37. The van der Waals surface area contributed by atoms with E-state index in [1.807, 2.05) is 0 Å². The number of carbonyl (C=O) groups excluding carboxylic acids is 1. The summed E-state index contributed by atoms with van der Waals surface area (Å²) < 4.78 is 34.7. The Morgan fingerprint density at radius 1 is 1.60 bits per heavy atom. The number of carbonyl (C=O) groups is 1. The molecule has 2 N–H and O–H groups in total. The van der Waals surface area contributed by atoms with Crippen LogP contribution in [0.1, 0.15) is 13.3 Å². The molecule has 0 aliphatic heterocycles. The fourth-order valence-corrected chi connectivity index (χ4v) is 1.78. The molecule has 0 spiro atoms. The lowest BCUT2D eigenvalue weighted by atomic mass is 10.1. The van der Waals surface area contributed by atoms with E-state index in [0.717, 1.165) is 19.1 Å². The first kappa shape index (κ1) is 11.9. The second-order valence-corrected chi connectivity index (χ2v) is 4.51. The minimum absolute atomic E-state index is 0.0532. The van der Waals surface area contributed by atoms with Crippen LogP contribution in [0.25, 0.3) is 0 Å². The molecule has 84 valence electrons. The van der Waals surface area contributed by atoms with E-state index in [1.54, 1.807) is 0 Å². The van der Waals surface area contributed by atoms with Crippen LogP contribution in [0.15, 0.2) is 23.1 Å². The topological polar surface area (TPSA) is 101 Å². The Hall–Kier alpha value is -1.18. The molecule has 6 nitrogen and oxygen atoms in total. The van der Waals surface area contributed by atoms with Crippen molar-refractivity contribution in [3.63, 3.8) is 0 Å². The summed E-state index contributed by atoms with van der Waals surface area (Å²) in [5.74, 6) is -2.87. The van der Waals surface area contributed by atoms with Crippen molar-refractivity contribution in [2.24, 2.45) is 0 Å². The average Bonchev–Trinajstić information content (AvgIpc) is 1.99. The number of aliphatic hydroxyl groups is 1. The first-order valence-corrected chi connectivity index (χ1v) is 5.46. The van der Waals surface area contributed by atoms with E-state index in [4.69, 9.17) is 4.55 Å². The molecule has 0 radical (unpaired) electrons. The molecule has 0 bridgehead atoms. The van der Waals surface area contributed by atoms with Gasteiger partial charge in [-0.3, -0.25) is 9.35 Å². The third kappa shape index (κ3) is 3.15. The van der Waals surface area contributed by atoms with E-state index in [9.17, 15) is 18.3 Å². The van der Waals surface area contributed by atoms with E-state index in [-0.39, 0.29) is 6.42 Å². The smallest absolute Gasteiger partial charge is 0.305 e. The molecule has 0 aromatic rings. The Balaban J connectivity index is 3.03. The van der Waals surface area contributed by atoms with E-state index in [0.29, 0.717) is 0 Å². The predicted octanol–water partition coefficient (Wildman–Crippen LogP) is -0.0303. The molecule has 0 amide bonds. The zero-order valence-electron chi connectivity index (χ0n) is 7.87. The summed E-state index contributed by atoms with van der Waals surface area (Å²) >= 11 is 0.